The van der Waals surface area contributed by atoms with Gasteiger partial charge in [0.2, 0.25) is 5.91 Å². The zero-order valence-corrected chi connectivity index (χ0v) is 27.3. The van der Waals surface area contributed by atoms with Crippen molar-refractivity contribution in [1.82, 2.24) is 25.2 Å². The highest BCUT2D eigenvalue weighted by atomic mass is 32.1. The first kappa shape index (κ1) is 32.3. The van der Waals surface area contributed by atoms with Crippen molar-refractivity contribution in [1.29, 1.82) is 0 Å². The number of halogens is 2. The van der Waals surface area contributed by atoms with E-state index in [9.17, 15) is 9.18 Å². The monoisotopic (exact) mass is 677 g/mol. The molecule has 48 heavy (non-hydrogen) atoms. The van der Waals surface area contributed by atoms with Crippen LogP contribution in [0.3, 0.4) is 0 Å². The minimum atomic E-state index is -0.646. The summed E-state index contributed by atoms with van der Waals surface area (Å²) in [7, 11) is 0. The Labute approximate surface area is 280 Å². The molecule has 1 amide bonds. The lowest BCUT2D eigenvalue weighted by Crippen LogP contribution is -2.44. The van der Waals surface area contributed by atoms with Gasteiger partial charge in [0.05, 0.1) is 49.3 Å². The molecule has 2 saturated heterocycles. The van der Waals surface area contributed by atoms with E-state index in [0.717, 1.165) is 43.8 Å². The van der Waals surface area contributed by atoms with Crippen molar-refractivity contribution >= 4 is 55.4 Å². The van der Waals surface area contributed by atoms with Gasteiger partial charge in [-0.1, -0.05) is 30.6 Å². The van der Waals surface area contributed by atoms with Crippen LogP contribution >= 0.6 is 11.3 Å². The van der Waals surface area contributed by atoms with Gasteiger partial charge in [0, 0.05) is 54.7 Å². The number of thiazole rings is 1. The van der Waals surface area contributed by atoms with Gasteiger partial charge in [-0.2, -0.15) is 9.97 Å². The molecular weight excluding hydrogens is 640 g/mol. The second kappa shape index (κ2) is 13.3. The maximum atomic E-state index is 17.1. The van der Waals surface area contributed by atoms with Gasteiger partial charge in [-0.3, -0.25) is 9.69 Å². The Balaban J connectivity index is 1.33. The van der Waals surface area contributed by atoms with E-state index in [-0.39, 0.29) is 49.8 Å². The molecule has 2 aromatic heterocycles. The number of benzene rings is 2. The van der Waals surface area contributed by atoms with Crippen LogP contribution in [-0.4, -0.2) is 97.6 Å². The van der Waals surface area contributed by atoms with Gasteiger partial charge in [0.15, 0.2) is 10.9 Å². The second-order valence-corrected chi connectivity index (χ2v) is 13.5. The Bertz CT molecular complexity index is 1890. The number of nitrogens with zero attached hydrogens (tertiary/aromatic N) is 5. The average molecular weight is 678 g/mol. The first-order valence-electron chi connectivity index (χ1n) is 16.0. The largest absolute Gasteiger partial charge is 0.463 e. The maximum absolute atomic E-state index is 17.1. The number of morpholine rings is 1. The van der Waals surface area contributed by atoms with Crippen molar-refractivity contribution in [2.45, 2.75) is 18.9 Å². The molecule has 0 spiro atoms. The Morgan fingerprint density at radius 3 is 2.67 bits per heavy atom. The Morgan fingerprint density at radius 2 is 1.92 bits per heavy atom. The number of anilines is 2. The van der Waals surface area contributed by atoms with Gasteiger partial charge in [-0.25, -0.2) is 13.8 Å². The molecule has 0 unspecified atom stereocenters. The third kappa shape index (κ3) is 6.44. The van der Waals surface area contributed by atoms with Crippen LogP contribution < -0.4 is 20.7 Å². The fourth-order valence-electron chi connectivity index (χ4n) is 6.47. The second-order valence-electron chi connectivity index (χ2n) is 12.5. The lowest BCUT2D eigenvalue weighted by Gasteiger charge is -2.30. The van der Waals surface area contributed by atoms with Gasteiger partial charge in [-0.05, 0) is 42.7 Å². The van der Waals surface area contributed by atoms with E-state index in [2.05, 4.69) is 33.3 Å². The summed E-state index contributed by atoms with van der Waals surface area (Å²) in [6, 6.07) is 4.22. The number of amides is 1. The van der Waals surface area contributed by atoms with E-state index >= 15 is 4.39 Å². The molecular formula is C34H37F2N7O4S. The van der Waals surface area contributed by atoms with Crippen molar-refractivity contribution in [3.8, 4) is 17.1 Å². The number of aromatic nitrogens is 3. The van der Waals surface area contributed by atoms with Crippen LogP contribution in [0.4, 0.5) is 19.7 Å². The summed E-state index contributed by atoms with van der Waals surface area (Å²) < 4.78 is 49.7. The van der Waals surface area contributed by atoms with Crippen LogP contribution in [0.25, 0.3) is 38.3 Å². The fourth-order valence-corrected chi connectivity index (χ4v) is 7.24. The number of nitrogens with two attached hydrogens (primary N) is 1. The normalized spacial score (nSPS) is 19.6. The SMILES string of the molecule is C=CC(=O)N[C@@H]1COCCN(c2nc(OCC3(CN4CCOCC4)CC3)nc3c(F)c(-c4ccc(F)c5sc(N)nc45)c(C=C)cc23)C1. The third-order valence-electron chi connectivity index (χ3n) is 9.15. The number of ether oxygens (including phenoxy) is 3. The number of nitrogens with one attached hydrogen (secondary N) is 1. The number of hydrogen-bond acceptors (Lipinski definition) is 11. The van der Waals surface area contributed by atoms with Crippen molar-refractivity contribution in [3.63, 3.8) is 0 Å². The predicted octanol–water partition coefficient (Wildman–Crippen LogP) is 4.41. The molecule has 1 atom stereocenters. The summed E-state index contributed by atoms with van der Waals surface area (Å²) in [6.45, 7) is 13.4. The standard InChI is InChI=1S/C34H37F2N7O4S/c1-3-20-15-23-28(27(36)26(20)22-5-6-24(35)30-29(22)39-32(37)48-30)40-33(47-19-34(7-8-34)18-42-9-12-45-13-10-42)41-31(23)43-11-14-46-17-21(16-43)38-25(44)4-2/h3-6,15,21H,1-2,7-14,16-19H2,(H2,37,39)(H,38,44)/t21-/m0/s1. The van der Waals surface area contributed by atoms with Gasteiger partial charge >= 0.3 is 6.01 Å². The highest BCUT2D eigenvalue weighted by Crippen LogP contribution is 2.47. The molecule has 0 bridgehead atoms. The Kier molecular flexibility index (Phi) is 8.98. The van der Waals surface area contributed by atoms with Gasteiger partial charge in [0.25, 0.3) is 0 Å². The summed E-state index contributed by atoms with van der Waals surface area (Å²) in [5.41, 5.74) is 7.20. The minimum Gasteiger partial charge on any atom is -0.463 e. The molecule has 2 aliphatic heterocycles. The molecule has 1 saturated carbocycles. The average Bonchev–Trinajstić information content (AvgIpc) is 3.80. The van der Waals surface area contributed by atoms with E-state index in [0.29, 0.717) is 68.5 Å². The number of carbonyl (C=O) groups excluding carboxylic acids is 1. The van der Waals surface area contributed by atoms with Crippen molar-refractivity contribution in [2.75, 3.05) is 76.4 Å². The number of carbonyl (C=O) groups is 1. The van der Waals surface area contributed by atoms with Crippen molar-refractivity contribution < 1.29 is 27.8 Å². The molecule has 3 aliphatic rings. The van der Waals surface area contributed by atoms with Crippen LogP contribution in [0.5, 0.6) is 6.01 Å². The molecule has 3 N–H and O–H groups in total. The first-order chi connectivity index (χ1) is 23.3. The molecule has 7 rings (SSSR count). The predicted molar refractivity (Wildman–Crippen MR) is 182 cm³/mol. The summed E-state index contributed by atoms with van der Waals surface area (Å²) in [4.78, 5) is 30.4. The quantitative estimate of drug-likeness (QED) is 0.233. The van der Waals surface area contributed by atoms with E-state index in [1.165, 1.54) is 24.3 Å². The fraction of sp³-hybridized carbons (Fsp3) is 0.412. The number of rotatable bonds is 10. The molecule has 1 aliphatic carbocycles. The summed E-state index contributed by atoms with van der Waals surface area (Å²) in [5, 5.41) is 3.50. The molecule has 4 aromatic rings. The first-order valence-corrected chi connectivity index (χ1v) is 16.8. The number of fused-ring (bicyclic) bond motifs is 2. The van der Waals surface area contributed by atoms with Crippen LogP contribution in [0.15, 0.2) is 37.4 Å². The van der Waals surface area contributed by atoms with Crippen molar-refractivity contribution in [2.24, 2.45) is 5.41 Å². The molecule has 11 nitrogen and oxygen atoms in total. The lowest BCUT2D eigenvalue weighted by atomic mass is 9.95. The molecule has 4 heterocycles. The van der Waals surface area contributed by atoms with Crippen LogP contribution in [0.1, 0.15) is 18.4 Å². The summed E-state index contributed by atoms with van der Waals surface area (Å²) in [6.07, 6.45) is 4.77. The zero-order valence-electron chi connectivity index (χ0n) is 26.5. The molecule has 252 valence electrons. The lowest BCUT2D eigenvalue weighted by molar-refractivity contribution is -0.117. The molecule has 3 fully saturated rings. The number of hydrogen-bond donors (Lipinski definition) is 2. The topological polar surface area (TPSA) is 128 Å². The van der Waals surface area contributed by atoms with Gasteiger partial charge in [0.1, 0.15) is 17.2 Å². The summed E-state index contributed by atoms with van der Waals surface area (Å²) in [5.74, 6) is -1.02. The van der Waals surface area contributed by atoms with E-state index in [4.69, 9.17) is 24.9 Å². The Morgan fingerprint density at radius 1 is 1.12 bits per heavy atom. The zero-order chi connectivity index (χ0) is 33.4. The molecule has 14 heteroatoms. The third-order valence-corrected chi connectivity index (χ3v) is 10.0. The molecule has 2 aromatic carbocycles. The van der Waals surface area contributed by atoms with Crippen molar-refractivity contribution in [3.05, 3.63) is 54.6 Å². The Hall–Kier alpha value is -4.24. The highest BCUT2D eigenvalue weighted by molar-refractivity contribution is 7.22. The minimum absolute atomic E-state index is 0.0335. The summed E-state index contributed by atoms with van der Waals surface area (Å²) >= 11 is 1.00. The van der Waals surface area contributed by atoms with E-state index in [1.807, 2.05) is 4.90 Å². The maximum Gasteiger partial charge on any atom is 0.319 e. The van der Waals surface area contributed by atoms with Gasteiger partial charge < -0.3 is 30.2 Å². The van der Waals surface area contributed by atoms with Crippen LogP contribution in [0.2, 0.25) is 0 Å². The van der Waals surface area contributed by atoms with E-state index < -0.39 is 11.6 Å². The smallest absolute Gasteiger partial charge is 0.319 e. The van der Waals surface area contributed by atoms with Gasteiger partial charge in [-0.15, -0.1) is 0 Å². The molecule has 0 radical (unpaired) electrons. The van der Waals surface area contributed by atoms with E-state index in [1.54, 1.807) is 6.07 Å². The number of nitrogen functional groups attached to an aromatic ring is 1. The van der Waals surface area contributed by atoms with Crippen LogP contribution in [0, 0.1) is 17.0 Å². The van der Waals surface area contributed by atoms with Crippen LogP contribution in [-0.2, 0) is 14.3 Å². The highest BCUT2D eigenvalue weighted by Gasteiger charge is 2.45.